The molecule has 0 aromatic heterocycles. The van der Waals surface area contributed by atoms with Crippen molar-refractivity contribution in [2.24, 2.45) is 5.92 Å². The molecule has 1 aromatic carbocycles. The molecule has 0 aliphatic carbocycles. The molecule has 7 nitrogen and oxygen atoms in total. The smallest absolute Gasteiger partial charge is 0.326 e. The van der Waals surface area contributed by atoms with E-state index in [1.807, 2.05) is 0 Å². The monoisotopic (exact) mass is 322 g/mol. The second kappa shape index (κ2) is 8.77. The molecule has 0 spiro atoms. The maximum Gasteiger partial charge on any atom is 0.326 e. The van der Waals surface area contributed by atoms with Crippen LogP contribution in [0.4, 0.5) is 0 Å². The summed E-state index contributed by atoms with van der Waals surface area (Å²) in [5, 5.41) is 14.0. The Morgan fingerprint density at radius 3 is 2.48 bits per heavy atom. The molecule has 1 atom stereocenters. The van der Waals surface area contributed by atoms with Crippen LogP contribution >= 0.6 is 0 Å². The normalized spacial score (nSPS) is 11.7. The average molecular weight is 322 g/mol. The number of carbonyl (C=O) groups excluding carboxylic acids is 2. The molecule has 2 amide bonds. The molecule has 7 heteroatoms. The van der Waals surface area contributed by atoms with Gasteiger partial charge in [0.2, 0.25) is 5.91 Å². The van der Waals surface area contributed by atoms with E-state index in [4.69, 9.17) is 9.84 Å². The summed E-state index contributed by atoms with van der Waals surface area (Å²) in [4.78, 5) is 34.2. The first-order chi connectivity index (χ1) is 10.8. The number of rotatable bonds is 8. The molecule has 0 fully saturated rings. The van der Waals surface area contributed by atoms with Crippen LogP contribution in [0.15, 0.2) is 24.3 Å². The Hall–Kier alpha value is -2.57. The minimum atomic E-state index is -1.06. The van der Waals surface area contributed by atoms with Crippen LogP contribution < -0.4 is 15.4 Å². The Bertz CT molecular complexity index is 571. The highest BCUT2D eigenvalue weighted by Gasteiger charge is 2.23. The molecule has 1 aromatic rings. The van der Waals surface area contributed by atoms with Gasteiger partial charge in [-0.05, 0) is 23.6 Å². The number of hydrogen-bond acceptors (Lipinski definition) is 4. The van der Waals surface area contributed by atoms with Gasteiger partial charge >= 0.3 is 5.97 Å². The second-order valence-electron chi connectivity index (χ2n) is 5.41. The fourth-order valence-electron chi connectivity index (χ4n) is 1.89. The number of aliphatic carboxylic acids is 1. The van der Waals surface area contributed by atoms with E-state index in [2.05, 4.69) is 10.6 Å². The molecular formula is C16H22N2O5. The molecule has 0 unspecified atom stereocenters. The van der Waals surface area contributed by atoms with Crippen molar-refractivity contribution in [3.8, 4) is 5.75 Å². The molecule has 0 aliphatic rings. The highest BCUT2D eigenvalue weighted by atomic mass is 16.5. The third-order valence-corrected chi connectivity index (χ3v) is 3.16. The van der Waals surface area contributed by atoms with Gasteiger partial charge in [0, 0.05) is 7.05 Å². The van der Waals surface area contributed by atoms with Crippen LogP contribution in [0, 0.1) is 5.92 Å². The number of ether oxygens (including phenoxy) is 1. The Kier molecular flexibility index (Phi) is 7.05. The van der Waals surface area contributed by atoms with Gasteiger partial charge in [-0.15, -0.1) is 0 Å². The molecule has 0 radical (unpaired) electrons. The van der Waals surface area contributed by atoms with Crippen LogP contribution in [0.3, 0.4) is 0 Å². The number of hydrogen-bond donors (Lipinski definition) is 3. The van der Waals surface area contributed by atoms with Crippen LogP contribution in [-0.4, -0.2) is 42.6 Å². The Labute approximate surface area is 135 Å². The van der Waals surface area contributed by atoms with Crippen molar-refractivity contribution >= 4 is 17.8 Å². The maximum atomic E-state index is 12.0. The van der Waals surface area contributed by atoms with E-state index in [1.165, 1.54) is 7.05 Å². The van der Waals surface area contributed by atoms with Crippen molar-refractivity contribution in [3.63, 3.8) is 0 Å². The number of nitrogens with one attached hydrogen (secondary N) is 2. The molecule has 0 bridgehead atoms. The SMILES string of the molecule is CNC(=O)COc1cccc(CC(=O)N[C@@H](C(=O)O)C(C)C)c1. The topological polar surface area (TPSA) is 105 Å². The molecule has 23 heavy (non-hydrogen) atoms. The molecule has 0 saturated carbocycles. The lowest BCUT2D eigenvalue weighted by Gasteiger charge is -2.18. The van der Waals surface area contributed by atoms with E-state index >= 15 is 0 Å². The van der Waals surface area contributed by atoms with Crippen LogP contribution in [0.5, 0.6) is 5.75 Å². The highest BCUT2D eigenvalue weighted by molar-refractivity contribution is 5.85. The summed E-state index contributed by atoms with van der Waals surface area (Å²) < 4.78 is 5.30. The molecule has 3 N–H and O–H groups in total. The van der Waals surface area contributed by atoms with E-state index in [0.29, 0.717) is 11.3 Å². The lowest BCUT2D eigenvalue weighted by molar-refractivity contribution is -0.143. The van der Waals surface area contributed by atoms with Crippen LogP contribution in [0.25, 0.3) is 0 Å². The largest absolute Gasteiger partial charge is 0.484 e. The van der Waals surface area contributed by atoms with E-state index in [0.717, 1.165) is 0 Å². The molecule has 126 valence electrons. The van der Waals surface area contributed by atoms with Gasteiger partial charge < -0.3 is 20.5 Å². The summed E-state index contributed by atoms with van der Waals surface area (Å²) in [7, 11) is 1.51. The number of amides is 2. The van der Waals surface area contributed by atoms with Crippen LogP contribution in [0.1, 0.15) is 19.4 Å². The number of likely N-dealkylation sites (N-methyl/N-ethyl adjacent to an activating group) is 1. The minimum Gasteiger partial charge on any atom is -0.484 e. The zero-order valence-corrected chi connectivity index (χ0v) is 13.5. The summed E-state index contributed by atoms with van der Waals surface area (Å²) in [6, 6.07) is 5.85. The van der Waals surface area contributed by atoms with E-state index in [1.54, 1.807) is 38.1 Å². The van der Waals surface area contributed by atoms with Gasteiger partial charge in [0.15, 0.2) is 6.61 Å². The summed E-state index contributed by atoms with van der Waals surface area (Å²) >= 11 is 0. The fraction of sp³-hybridized carbons (Fsp3) is 0.438. The van der Waals surface area contributed by atoms with Crippen molar-refractivity contribution in [2.45, 2.75) is 26.3 Å². The van der Waals surface area contributed by atoms with Gasteiger partial charge in [0.25, 0.3) is 5.91 Å². The molecule has 0 saturated heterocycles. The molecule has 1 rings (SSSR count). The Balaban J connectivity index is 2.64. The van der Waals surface area contributed by atoms with E-state index in [9.17, 15) is 14.4 Å². The number of carboxylic acid groups (broad SMARTS) is 1. The van der Waals surface area contributed by atoms with E-state index < -0.39 is 12.0 Å². The first-order valence-corrected chi connectivity index (χ1v) is 7.28. The van der Waals surface area contributed by atoms with E-state index in [-0.39, 0.29) is 30.8 Å². The summed E-state index contributed by atoms with van der Waals surface area (Å²) in [5.74, 6) is -1.43. The molecule has 0 heterocycles. The highest BCUT2D eigenvalue weighted by Crippen LogP contribution is 2.14. The summed E-state index contributed by atoms with van der Waals surface area (Å²) in [6.45, 7) is 3.35. The Morgan fingerprint density at radius 1 is 1.22 bits per heavy atom. The summed E-state index contributed by atoms with van der Waals surface area (Å²) in [5.41, 5.74) is 0.671. The fourth-order valence-corrected chi connectivity index (χ4v) is 1.89. The standard InChI is InChI=1S/C16H22N2O5/c1-10(2)15(16(21)22)18-13(19)8-11-5-4-6-12(7-11)23-9-14(20)17-3/h4-7,10,15H,8-9H2,1-3H3,(H,17,20)(H,18,19)(H,21,22)/t15-/m1/s1. The molecular weight excluding hydrogens is 300 g/mol. The van der Waals surface area contributed by atoms with Crippen LogP contribution in [-0.2, 0) is 20.8 Å². The van der Waals surface area contributed by atoms with Gasteiger partial charge in [-0.2, -0.15) is 0 Å². The van der Waals surface area contributed by atoms with Crippen molar-refractivity contribution < 1.29 is 24.2 Å². The second-order valence-corrected chi connectivity index (χ2v) is 5.41. The third-order valence-electron chi connectivity index (χ3n) is 3.16. The molecule has 0 aliphatic heterocycles. The van der Waals surface area contributed by atoms with Crippen molar-refractivity contribution in [1.29, 1.82) is 0 Å². The first kappa shape index (κ1) is 18.5. The van der Waals surface area contributed by atoms with Gasteiger partial charge in [0.05, 0.1) is 6.42 Å². The average Bonchev–Trinajstić information content (AvgIpc) is 2.50. The van der Waals surface area contributed by atoms with Crippen molar-refractivity contribution in [1.82, 2.24) is 10.6 Å². The summed E-state index contributed by atoms with van der Waals surface area (Å²) in [6.07, 6.45) is 0.0354. The van der Waals surface area contributed by atoms with Gasteiger partial charge in [-0.25, -0.2) is 4.79 Å². The van der Waals surface area contributed by atoms with Gasteiger partial charge in [-0.3, -0.25) is 9.59 Å². The van der Waals surface area contributed by atoms with Crippen LogP contribution in [0.2, 0.25) is 0 Å². The predicted octanol–water partition coefficient (Wildman–Crippen LogP) is 0.579. The number of carboxylic acids is 1. The lowest BCUT2D eigenvalue weighted by Crippen LogP contribution is -2.44. The first-order valence-electron chi connectivity index (χ1n) is 7.28. The number of benzene rings is 1. The van der Waals surface area contributed by atoms with Gasteiger partial charge in [-0.1, -0.05) is 26.0 Å². The van der Waals surface area contributed by atoms with Crippen molar-refractivity contribution in [2.75, 3.05) is 13.7 Å². The maximum absolute atomic E-state index is 12.0. The zero-order chi connectivity index (χ0) is 17.4. The zero-order valence-electron chi connectivity index (χ0n) is 13.5. The van der Waals surface area contributed by atoms with Gasteiger partial charge in [0.1, 0.15) is 11.8 Å². The lowest BCUT2D eigenvalue weighted by atomic mass is 10.0. The Morgan fingerprint density at radius 2 is 1.91 bits per heavy atom. The number of carbonyl (C=O) groups is 3. The minimum absolute atomic E-state index is 0.0354. The predicted molar refractivity (Wildman–Crippen MR) is 84.1 cm³/mol. The quantitative estimate of drug-likeness (QED) is 0.649. The van der Waals surface area contributed by atoms with Crippen molar-refractivity contribution in [3.05, 3.63) is 29.8 Å². The third kappa shape index (κ3) is 6.37.